The van der Waals surface area contributed by atoms with E-state index in [9.17, 15) is 0 Å². The number of benzene rings is 1. The van der Waals surface area contributed by atoms with Crippen molar-refractivity contribution >= 4 is 23.2 Å². The highest BCUT2D eigenvalue weighted by molar-refractivity contribution is 6.31. The van der Waals surface area contributed by atoms with Crippen LogP contribution >= 0.6 is 23.2 Å². The molecule has 2 aliphatic rings. The van der Waals surface area contributed by atoms with E-state index in [0.717, 1.165) is 13.0 Å². The van der Waals surface area contributed by atoms with Crippen LogP contribution in [0.15, 0.2) is 46.7 Å². The summed E-state index contributed by atoms with van der Waals surface area (Å²) in [4.78, 5) is 0. The van der Waals surface area contributed by atoms with Crippen molar-refractivity contribution in [3.8, 4) is 0 Å². The number of allylic oxidation sites excluding steroid dienone is 2. The molecule has 1 heterocycles. The van der Waals surface area contributed by atoms with E-state index in [4.69, 9.17) is 23.2 Å². The molecule has 0 amide bonds. The summed E-state index contributed by atoms with van der Waals surface area (Å²) in [6.45, 7) is 0.844. The van der Waals surface area contributed by atoms with Crippen LogP contribution in [0.5, 0.6) is 0 Å². The van der Waals surface area contributed by atoms with Crippen molar-refractivity contribution in [1.29, 1.82) is 0 Å². The Morgan fingerprint density at radius 3 is 2.88 bits per heavy atom. The van der Waals surface area contributed by atoms with Crippen LogP contribution in [0.1, 0.15) is 17.0 Å². The smallest absolute Gasteiger partial charge is 0.123 e. The quantitative estimate of drug-likeness (QED) is 0.827. The number of halogens is 2. The lowest BCUT2D eigenvalue weighted by atomic mass is 9.77. The van der Waals surface area contributed by atoms with Gasteiger partial charge in [-0.3, -0.25) is 10.4 Å². The first-order chi connectivity index (χ1) is 8.24. The van der Waals surface area contributed by atoms with Crippen molar-refractivity contribution in [2.45, 2.75) is 12.3 Å². The minimum absolute atomic E-state index is 0.531. The maximum Gasteiger partial charge on any atom is 0.123 e. The summed E-state index contributed by atoms with van der Waals surface area (Å²) >= 11 is 12.0. The Kier molecular flexibility index (Phi) is 2.77. The zero-order valence-electron chi connectivity index (χ0n) is 9.16. The van der Waals surface area contributed by atoms with E-state index in [1.165, 1.54) is 11.1 Å². The van der Waals surface area contributed by atoms with Gasteiger partial charge in [-0.05, 0) is 29.7 Å². The molecule has 2 nitrogen and oxygen atoms in total. The van der Waals surface area contributed by atoms with Gasteiger partial charge in [0.05, 0.1) is 0 Å². The minimum Gasteiger partial charge on any atom is -0.287 e. The van der Waals surface area contributed by atoms with E-state index in [2.05, 4.69) is 29.7 Å². The molecule has 17 heavy (non-hydrogen) atoms. The lowest BCUT2D eigenvalue weighted by molar-refractivity contribution is 0.267. The van der Waals surface area contributed by atoms with Gasteiger partial charge >= 0.3 is 0 Å². The van der Waals surface area contributed by atoms with Gasteiger partial charge in [-0.15, -0.1) is 0 Å². The molecule has 3 rings (SSSR count). The SMILES string of the molecule is ClC1=CC=C(Cl)N(CC2Cc3ccccc32)N1. The molecule has 1 aromatic rings. The van der Waals surface area contributed by atoms with Crippen LogP contribution in [0.3, 0.4) is 0 Å². The number of nitrogens with zero attached hydrogens (tertiary/aromatic N) is 1. The molecule has 0 spiro atoms. The van der Waals surface area contributed by atoms with Gasteiger partial charge in [0.15, 0.2) is 0 Å². The Hall–Kier alpha value is -1.12. The Bertz CT molecular complexity index is 508. The summed E-state index contributed by atoms with van der Waals surface area (Å²) in [6, 6.07) is 8.53. The molecule has 0 fully saturated rings. The van der Waals surface area contributed by atoms with Crippen LogP contribution in [0, 0.1) is 0 Å². The molecule has 0 saturated carbocycles. The second-order valence-corrected chi connectivity index (χ2v) is 5.12. The van der Waals surface area contributed by atoms with E-state index < -0.39 is 0 Å². The molecule has 1 aliphatic carbocycles. The monoisotopic (exact) mass is 266 g/mol. The summed E-state index contributed by atoms with van der Waals surface area (Å²) in [5, 5.41) is 3.17. The fourth-order valence-electron chi connectivity index (χ4n) is 2.33. The van der Waals surface area contributed by atoms with Gasteiger partial charge in [0.2, 0.25) is 0 Å². The Morgan fingerprint density at radius 2 is 2.06 bits per heavy atom. The van der Waals surface area contributed by atoms with Crippen LogP contribution in [0.25, 0.3) is 0 Å². The first-order valence-electron chi connectivity index (χ1n) is 5.59. The second kappa shape index (κ2) is 4.28. The molecule has 1 aliphatic heterocycles. The van der Waals surface area contributed by atoms with E-state index >= 15 is 0 Å². The van der Waals surface area contributed by atoms with Gasteiger partial charge in [0, 0.05) is 12.5 Å². The van der Waals surface area contributed by atoms with Gasteiger partial charge in [-0.2, -0.15) is 0 Å². The Morgan fingerprint density at radius 1 is 1.24 bits per heavy atom. The van der Waals surface area contributed by atoms with Gasteiger partial charge in [-0.1, -0.05) is 47.5 Å². The molecule has 0 saturated heterocycles. The number of hydrazine groups is 1. The molecule has 1 aromatic carbocycles. The van der Waals surface area contributed by atoms with E-state index in [-0.39, 0.29) is 0 Å². The highest BCUT2D eigenvalue weighted by Gasteiger charge is 2.28. The first-order valence-corrected chi connectivity index (χ1v) is 6.34. The van der Waals surface area contributed by atoms with E-state index in [1.807, 2.05) is 11.1 Å². The highest BCUT2D eigenvalue weighted by Crippen LogP contribution is 2.36. The lowest BCUT2D eigenvalue weighted by Gasteiger charge is -2.36. The summed E-state index contributed by atoms with van der Waals surface area (Å²) < 4.78 is 0. The molecule has 1 atom stereocenters. The lowest BCUT2D eigenvalue weighted by Crippen LogP contribution is -2.40. The molecule has 0 bridgehead atoms. The number of hydrogen-bond donors (Lipinski definition) is 1. The van der Waals surface area contributed by atoms with E-state index in [0.29, 0.717) is 16.2 Å². The van der Waals surface area contributed by atoms with Crippen LogP contribution in [0.4, 0.5) is 0 Å². The van der Waals surface area contributed by atoms with Gasteiger partial charge in [0.25, 0.3) is 0 Å². The molecular formula is C13H12Cl2N2. The van der Waals surface area contributed by atoms with Gasteiger partial charge < -0.3 is 0 Å². The topological polar surface area (TPSA) is 15.3 Å². The average Bonchev–Trinajstić information content (AvgIpc) is 2.30. The molecule has 1 unspecified atom stereocenters. The first kappa shape index (κ1) is 11.0. The molecule has 0 aromatic heterocycles. The molecule has 4 heteroatoms. The third kappa shape index (κ3) is 2.03. The predicted octanol–water partition coefficient (Wildman–Crippen LogP) is 3.31. The predicted molar refractivity (Wildman–Crippen MR) is 70.6 cm³/mol. The number of nitrogens with one attached hydrogen (secondary N) is 1. The number of hydrogen-bond acceptors (Lipinski definition) is 2. The molecule has 0 radical (unpaired) electrons. The average molecular weight is 267 g/mol. The van der Waals surface area contributed by atoms with Crippen molar-refractivity contribution in [2.75, 3.05) is 6.54 Å². The van der Waals surface area contributed by atoms with Crippen LogP contribution in [-0.2, 0) is 6.42 Å². The van der Waals surface area contributed by atoms with Gasteiger partial charge in [0.1, 0.15) is 10.3 Å². The number of fused-ring (bicyclic) bond motifs is 1. The summed E-state index contributed by atoms with van der Waals surface area (Å²) in [5.74, 6) is 0.531. The maximum absolute atomic E-state index is 6.12. The highest BCUT2D eigenvalue weighted by atomic mass is 35.5. The second-order valence-electron chi connectivity index (χ2n) is 4.33. The van der Waals surface area contributed by atoms with Crippen LogP contribution in [-0.4, -0.2) is 11.6 Å². The van der Waals surface area contributed by atoms with Crippen molar-refractivity contribution < 1.29 is 0 Å². The summed E-state index contributed by atoms with van der Waals surface area (Å²) in [5.41, 5.74) is 5.92. The largest absolute Gasteiger partial charge is 0.287 e. The Labute approximate surface area is 110 Å². The third-order valence-corrected chi connectivity index (χ3v) is 3.77. The third-order valence-electron chi connectivity index (χ3n) is 3.23. The Balaban J connectivity index is 1.71. The normalized spacial score (nSPS) is 22.0. The molecule has 88 valence electrons. The van der Waals surface area contributed by atoms with Crippen LogP contribution in [0.2, 0.25) is 0 Å². The maximum atomic E-state index is 6.12. The van der Waals surface area contributed by atoms with Crippen LogP contribution < -0.4 is 5.43 Å². The fraction of sp³-hybridized carbons (Fsp3) is 0.231. The van der Waals surface area contributed by atoms with Gasteiger partial charge in [-0.25, -0.2) is 0 Å². The summed E-state index contributed by atoms with van der Waals surface area (Å²) in [6.07, 6.45) is 4.68. The fourth-order valence-corrected chi connectivity index (χ4v) is 2.67. The minimum atomic E-state index is 0.531. The van der Waals surface area contributed by atoms with Crippen molar-refractivity contribution in [3.05, 3.63) is 57.9 Å². The molecular weight excluding hydrogens is 255 g/mol. The zero-order chi connectivity index (χ0) is 11.8. The standard InChI is InChI=1S/C13H12Cl2N2/c14-12-5-6-13(15)17(16-12)8-10-7-9-3-1-2-4-11(9)10/h1-6,10,16H,7-8H2. The van der Waals surface area contributed by atoms with Crippen molar-refractivity contribution in [1.82, 2.24) is 10.4 Å². The number of rotatable bonds is 2. The molecule has 1 N–H and O–H groups in total. The summed E-state index contributed by atoms with van der Waals surface area (Å²) in [7, 11) is 0. The van der Waals surface area contributed by atoms with E-state index in [1.54, 1.807) is 6.08 Å². The van der Waals surface area contributed by atoms with Crippen molar-refractivity contribution in [2.24, 2.45) is 0 Å². The van der Waals surface area contributed by atoms with Crippen molar-refractivity contribution in [3.63, 3.8) is 0 Å². The zero-order valence-corrected chi connectivity index (χ0v) is 10.7.